The number of carbonyl (C=O) groups excluding carboxylic acids is 1. The van der Waals surface area contributed by atoms with E-state index in [2.05, 4.69) is 15.6 Å². The lowest BCUT2D eigenvalue weighted by Gasteiger charge is -2.18. The first-order chi connectivity index (χ1) is 13.5. The van der Waals surface area contributed by atoms with E-state index in [1.165, 1.54) is 23.5 Å². The van der Waals surface area contributed by atoms with Crippen LogP contribution in [0.15, 0.2) is 36.4 Å². The number of thiazole rings is 1. The zero-order valence-corrected chi connectivity index (χ0v) is 15.8. The number of nitro groups is 1. The van der Waals surface area contributed by atoms with Crippen molar-refractivity contribution < 1.29 is 19.2 Å². The molecular formula is C17H12N4O5S2. The highest BCUT2D eigenvalue weighted by Gasteiger charge is 2.16. The SMILES string of the molecule is O=C(NC(=S)Nc1nc2ccc([N+](=O)[O-])cc2s1)c1ccc2c(c1)OCCO2. The molecule has 11 heteroatoms. The fourth-order valence-corrected chi connectivity index (χ4v) is 3.73. The molecule has 28 heavy (non-hydrogen) atoms. The second kappa shape index (κ2) is 7.37. The number of hydrogen-bond donors (Lipinski definition) is 2. The van der Waals surface area contributed by atoms with Gasteiger partial charge in [-0.15, -0.1) is 0 Å². The third-order valence-corrected chi connectivity index (χ3v) is 4.97. The number of fused-ring (bicyclic) bond motifs is 2. The molecule has 0 aliphatic carbocycles. The molecule has 2 N–H and O–H groups in total. The van der Waals surface area contributed by atoms with Crippen molar-refractivity contribution in [2.45, 2.75) is 0 Å². The first-order valence-corrected chi connectivity index (χ1v) is 9.29. The first kappa shape index (κ1) is 18.1. The number of ether oxygens (including phenoxy) is 2. The van der Waals surface area contributed by atoms with Gasteiger partial charge in [-0.05, 0) is 36.5 Å². The topological polar surface area (TPSA) is 116 Å². The van der Waals surface area contributed by atoms with Crippen molar-refractivity contribution >= 4 is 55.6 Å². The van der Waals surface area contributed by atoms with E-state index in [1.807, 2.05) is 0 Å². The molecule has 0 unspecified atom stereocenters. The molecule has 142 valence electrons. The molecular weight excluding hydrogens is 404 g/mol. The maximum Gasteiger partial charge on any atom is 0.270 e. The number of nitro benzene ring substituents is 1. The van der Waals surface area contributed by atoms with Crippen LogP contribution in [0.1, 0.15) is 10.4 Å². The summed E-state index contributed by atoms with van der Waals surface area (Å²) in [6, 6.07) is 9.25. The number of amides is 1. The normalized spacial score (nSPS) is 12.4. The summed E-state index contributed by atoms with van der Waals surface area (Å²) in [5.41, 5.74) is 0.949. The second-order valence-corrected chi connectivity index (χ2v) is 7.13. The number of carbonyl (C=O) groups is 1. The summed E-state index contributed by atoms with van der Waals surface area (Å²) in [5.74, 6) is 0.684. The van der Waals surface area contributed by atoms with Crippen molar-refractivity contribution in [3.05, 3.63) is 52.1 Å². The molecule has 1 aromatic heterocycles. The predicted octanol–water partition coefficient (Wildman–Crippen LogP) is 3.10. The standard InChI is InChI=1S/C17H12N4O5S2/c22-15(9-1-4-12-13(7-9)26-6-5-25-12)19-16(27)20-17-18-11-3-2-10(21(23)24)8-14(11)28-17/h1-4,7-8H,5-6H2,(H2,18,19,20,22,27). The molecule has 1 aliphatic heterocycles. The van der Waals surface area contributed by atoms with Crippen LogP contribution in [0.4, 0.5) is 10.8 Å². The number of benzene rings is 2. The minimum Gasteiger partial charge on any atom is -0.486 e. The van der Waals surface area contributed by atoms with Gasteiger partial charge >= 0.3 is 0 Å². The summed E-state index contributed by atoms with van der Waals surface area (Å²) in [6.45, 7) is 0.895. The smallest absolute Gasteiger partial charge is 0.270 e. The zero-order valence-electron chi connectivity index (χ0n) is 14.1. The fraction of sp³-hybridized carbons (Fsp3) is 0.118. The van der Waals surface area contributed by atoms with Crippen molar-refractivity contribution in [2.24, 2.45) is 0 Å². The lowest BCUT2D eigenvalue weighted by atomic mass is 10.2. The molecule has 3 aromatic rings. The van der Waals surface area contributed by atoms with Crippen LogP contribution in [0, 0.1) is 10.1 Å². The Bertz CT molecular complexity index is 1110. The van der Waals surface area contributed by atoms with Crippen LogP contribution >= 0.6 is 23.6 Å². The Kier molecular flexibility index (Phi) is 4.75. The van der Waals surface area contributed by atoms with Crippen molar-refractivity contribution in [2.75, 3.05) is 18.5 Å². The molecule has 4 rings (SSSR count). The Morgan fingerprint density at radius 2 is 1.96 bits per heavy atom. The molecule has 0 atom stereocenters. The van der Waals surface area contributed by atoms with E-state index in [4.69, 9.17) is 21.7 Å². The maximum absolute atomic E-state index is 12.4. The summed E-state index contributed by atoms with van der Waals surface area (Å²) < 4.78 is 11.5. The molecule has 0 saturated heterocycles. The second-order valence-electron chi connectivity index (χ2n) is 5.69. The number of aromatic nitrogens is 1. The van der Waals surface area contributed by atoms with Gasteiger partial charge in [0.1, 0.15) is 13.2 Å². The van der Waals surface area contributed by atoms with E-state index in [0.29, 0.717) is 45.6 Å². The first-order valence-electron chi connectivity index (χ1n) is 8.06. The Balaban J connectivity index is 1.44. The van der Waals surface area contributed by atoms with Crippen molar-refractivity contribution in [1.29, 1.82) is 0 Å². The molecule has 1 amide bonds. The largest absolute Gasteiger partial charge is 0.486 e. The molecule has 0 fully saturated rings. The zero-order chi connectivity index (χ0) is 19.7. The minimum atomic E-state index is -0.468. The number of non-ortho nitro benzene ring substituents is 1. The van der Waals surface area contributed by atoms with Crippen LogP contribution < -0.4 is 20.1 Å². The number of nitrogens with one attached hydrogen (secondary N) is 2. The van der Waals surface area contributed by atoms with Gasteiger partial charge in [-0.2, -0.15) is 0 Å². The Hall–Kier alpha value is -3.31. The highest BCUT2D eigenvalue weighted by atomic mass is 32.1. The van der Waals surface area contributed by atoms with Gasteiger partial charge in [0.25, 0.3) is 11.6 Å². The summed E-state index contributed by atoms with van der Waals surface area (Å²) in [4.78, 5) is 27.1. The summed E-state index contributed by atoms with van der Waals surface area (Å²) in [5, 5.41) is 16.7. The molecule has 9 nitrogen and oxygen atoms in total. The lowest BCUT2D eigenvalue weighted by Crippen LogP contribution is -2.34. The fourth-order valence-electron chi connectivity index (χ4n) is 2.57. The van der Waals surface area contributed by atoms with Crippen LogP contribution in [0.2, 0.25) is 0 Å². The van der Waals surface area contributed by atoms with E-state index in [0.717, 1.165) is 0 Å². The molecule has 2 aromatic carbocycles. The quantitative estimate of drug-likeness (QED) is 0.380. The van der Waals surface area contributed by atoms with Crippen LogP contribution in [0.25, 0.3) is 10.2 Å². The van der Waals surface area contributed by atoms with E-state index in [-0.39, 0.29) is 10.8 Å². The maximum atomic E-state index is 12.4. The Morgan fingerprint density at radius 1 is 1.18 bits per heavy atom. The average Bonchev–Trinajstić information content (AvgIpc) is 3.08. The third-order valence-electron chi connectivity index (χ3n) is 3.83. The lowest BCUT2D eigenvalue weighted by molar-refractivity contribution is -0.384. The summed E-state index contributed by atoms with van der Waals surface area (Å²) in [6.07, 6.45) is 0. The van der Waals surface area contributed by atoms with Crippen LogP contribution in [-0.2, 0) is 0 Å². The van der Waals surface area contributed by atoms with Gasteiger partial charge < -0.3 is 14.8 Å². The Morgan fingerprint density at radius 3 is 2.75 bits per heavy atom. The van der Waals surface area contributed by atoms with E-state index >= 15 is 0 Å². The van der Waals surface area contributed by atoms with Gasteiger partial charge in [-0.1, -0.05) is 11.3 Å². The Labute approximate surface area is 167 Å². The van der Waals surface area contributed by atoms with Gasteiger partial charge in [0.05, 0.1) is 15.1 Å². The molecule has 2 heterocycles. The highest BCUT2D eigenvalue weighted by Crippen LogP contribution is 2.31. The number of nitrogens with zero attached hydrogens (tertiary/aromatic N) is 2. The summed E-state index contributed by atoms with van der Waals surface area (Å²) >= 11 is 6.36. The highest BCUT2D eigenvalue weighted by molar-refractivity contribution is 7.80. The number of anilines is 1. The third kappa shape index (κ3) is 3.70. The van der Waals surface area contributed by atoms with Crippen LogP contribution in [0.3, 0.4) is 0 Å². The molecule has 0 radical (unpaired) electrons. The van der Waals surface area contributed by atoms with Gasteiger partial charge in [0, 0.05) is 17.7 Å². The van der Waals surface area contributed by atoms with E-state index in [1.54, 1.807) is 24.3 Å². The molecule has 0 saturated carbocycles. The molecule has 1 aliphatic rings. The number of rotatable bonds is 3. The summed E-state index contributed by atoms with van der Waals surface area (Å²) in [7, 11) is 0. The average molecular weight is 416 g/mol. The van der Waals surface area contributed by atoms with Crippen molar-refractivity contribution in [3.8, 4) is 11.5 Å². The monoisotopic (exact) mass is 416 g/mol. The van der Waals surface area contributed by atoms with Gasteiger partial charge in [0.15, 0.2) is 21.7 Å². The van der Waals surface area contributed by atoms with Gasteiger partial charge in [0.2, 0.25) is 0 Å². The van der Waals surface area contributed by atoms with Crippen molar-refractivity contribution in [1.82, 2.24) is 10.3 Å². The number of thiocarbonyl (C=S) groups is 1. The molecule has 0 bridgehead atoms. The van der Waals surface area contributed by atoms with E-state index in [9.17, 15) is 14.9 Å². The van der Waals surface area contributed by atoms with Crippen molar-refractivity contribution in [3.63, 3.8) is 0 Å². The van der Waals surface area contributed by atoms with Crippen LogP contribution in [-0.4, -0.2) is 34.1 Å². The van der Waals surface area contributed by atoms with Gasteiger partial charge in [-0.3, -0.25) is 20.2 Å². The number of hydrogen-bond acceptors (Lipinski definition) is 8. The van der Waals surface area contributed by atoms with Gasteiger partial charge in [-0.25, -0.2) is 4.98 Å². The molecule has 0 spiro atoms. The van der Waals surface area contributed by atoms with Crippen LogP contribution in [0.5, 0.6) is 11.5 Å². The predicted molar refractivity (Wildman–Crippen MR) is 107 cm³/mol. The minimum absolute atomic E-state index is 0.0165. The van der Waals surface area contributed by atoms with E-state index < -0.39 is 10.8 Å².